The first-order chi connectivity index (χ1) is 8.01. The van der Waals surface area contributed by atoms with Gasteiger partial charge in [-0.3, -0.25) is 4.90 Å². The molecule has 1 aromatic rings. The topological polar surface area (TPSA) is 58.7 Å². The molecule has 0 aliphatic carbocycles. The first-order valence-corrected chi connectivity index (χ1v) is 6.18. The zero-order chi connectivity index (χ0) is 13.0. The van der Waals surface area contributed by atoms with Gasteiger partial charge < -0.3 is 15.6 Å². The summed E-state index contributed by atoms with van der Waals surface area (Å²) in [6, 6.07) is 5.54. The maximum absolute atomic E-state index is 10.0. The number of nitrogens with zero attached hydrogens (tertiary/aromatic N) is 1. The molecule has 0 heterocycles. The molecule has 2 atom stereocenters. The fraction of sp³-hybridized carbons (Fsp3) is 0.500. The summed E-state index contributed by atoms with van der Waals surface area (Å²) in [5.74, 6) is 0.749. The summed E-state index contributed by atoms with van der Waals surface area (Å²) in [6.07, 6.45) is -0.631. The van der Waals surface area contributed by atoms with Gasteiger partial charge in [-0.2, -0.15) is 0 Å². The van der Waals surface area contributed by atoms with Gasteiger partial charge in [-0.15, -0.1) is 0 Å². The lowest BCUT2D eigenvalue weighted by molar-refractivity contribution is 0.0807. The maximum Gasteiger partial charge on any atom is 0.123 e. The van der Waals surface area contributed by atoms with Gasteiger partial charge in [0.05, 0.1) is 19.3 Å². The Morgan fingerprint density at radius 1 is 1.47 bits per heavy atom. The molecule has 5 heteroatoms. The molecular formula is C12H19BrN2O2. The van der Waals surface area contributed by atoms with Crippen LogP contribution in [0.2, 0.25) is 0 Å². The van der Waals surface area contributed by atoms with Gasteiger partial charge in [0.1, 0.15) is 5.75 Å². The number of rotatable bonds is 5. The van der Waals surface area contributed by atoms with E-state index in [1.807, 2.05) is 37.2 Å². The van der Waals surface area contributed by atoms with Gasteiger partial charge in [-0.1, -0.05) is 15.9 Å². The molecule has 0 saturated carbocycles. The Morgan fingerprint density at radius 2 is 2.12 bits per heavy atom. The summed E-state index contributed by atoms with van der Waals surface area (Å²) >= 11 is 3.43. The van der Waals surface area contributed by atoms with E-state index in [-0.39, 0.29) is 12.6 Å². The predicted molar refractivity (Wildman–Crippen MR) is 72.2 cm³/mol. The highest BCUT2D eigenvalue weighted by molar-refractivity contribution is 9.10. The van der Waals surface area contributed by atoms with Crippen LogP contribution in [0, 0.1) is 0 Å². The van der Waals surface area contributed by atoms with E-state index >= 15 is 0 Å². The number of likely N-dealkylation sites (N-methyl/N-ethyl adjacent to an activating group) is 1. The van der Waals surface area contributed by atoms with Crippen molar-refractivity contribution in [2.45, 2.75) is 12.1 Å². The van der Waals surface area contributed by atoms with Crippen molar-refractivity contribution in [2.75, 3.05) is 27.7 Å². The highest BCUT2D eigenvalue weighted by Crippen LogP contribution is 2.32. The minimum atomic E-state index is -0.631. The normalized spacial score (nSPS) is 14.8. The fourth-order valence-electron chi connectivity index (χ4n) is 1.89. The number of nitrogens with two attached hydrogens (primary N) is 1. The van der Waals surface area contributed by atoms with Crippen molar-refractivity contribution in [1.82, 2.24) is 4.90 Å². The van der Waals surface area contributed by atoms with Gasteiger partial charge in [-0.25, -0.2) is 0 Å². The molecule has 0 aromatic heterocycles. The summed E-state index contributed by atoms with van der Waals surface area (Å²) in [6.45, 7) is 0.207. The molecule has 3 N–H and O–H groups in total. The zero-order valence-corrected chi connectivity index (χ0v) is 11.9. The van der Waals surface area contributed by atoms with Crippen molar-refractivity contribution in [3.05, 3.63) is 28.2 Å². The minimum Gasteiger partial charge on any atom is -0.496 e. The van der Waals surface area contributed by atoms with Crippen LogP contribution in [-0.2, 0) is 0 Å². The Labute approximate surface area is 110 Å². The van der Waals surface area contributed by atoms with Crippen LogP contribution >= 0.6 is 15.9 Å². The Hall–Kier alpha value is -0.620. The van der Waals surface area contributed by atoms with Crippen LogP contribution in [0.3, 0.4) is 0 Å². The number of benzene rings is 1. The lowest BCUT2D eigenvalue weighted by Crippen LogP contribution is -2.36. The van der Waals surface area contributed by atoms with Gasteiger partial charge in [-0.05, 0) is 32.3 Å². The lowest BCUT2D eigenvalue weighted by atomic mass is 9.99. The number of ether oxygens (including phenoxy) is 1. The molecule has 0 amide bonds. The first kappa shape index (κ1) is 14.4. The monoisotopic (exact) mass is 302 g/mol. The Kier molecular flexibility index (Phi) is 5.39. The number of aliphatic hydroxyl groups is 1. The second-order valence-corrected chi connectivity index (χ2v) is 5.01. The van der Waals surface area contributed by atoms with E-state index in [4.69, 9.17) is 10.5 Å². The molecule has 0 aliphatic rings. The minimum absolute atomic E-state index is 0.188. The molecule has 0 spiro atoms. The average molecular weight is 303 g/mol. The quantitative estimate of drug-likeness (QED) is 0.863. The van der Waals surface area contributed by atoms with E-state index in [1.54, 1.807) is 7.11 Å². The second-order valence-electron chi connectivity index (χ2n) is 4.10. The molecule has 0 radical (unpaired) electrons. The number of hydrogen-bond donors (Lipinski definition) is 2. The molecule has 0 saturated heterocycles. The van der Waals surface area contributed by atoms with Crippen molar-refractivity contribution >= 4 is 15.9 Å². The van der Waals surface area contributed by atoms with Crippen LogP contribution in [0.15, 0.2) is 22.7 Å². The average Bonchev–Trinajstić information content (AvgIpc) is 2.29. The predicted octanol–water partition coefficient (Wildman–Crippen LogP) is 1.38. The largest absolute Gasteiger partial charge is 0.496 e. The molecule has 1 rings (SSSR count). The van der Waals surface area contributed by atoms with Crippen molar-refractivity contribution in [3.8, 4) is 5.75 Å². The Morgan fingerprint density at radius 3 is 2.59 bits per heavy atom. The molecule has 2 unspecified atom stereocenters. The van der Waals surface area contributed by atoms with Crippen molar-refractivity contribution in [3.63, 3.8) is 0 Å². The van der Waals surface area contributed by atoms with E-state index in [1.165, 1.54) is 0 Å². The van der Waals surface area contributed by atoms with Crippen LogP contribution in [-0.4, -0.2) is 43.9 Å². The van der Waals surface area contributed by atoms with Crippen LogP contribution in [0.25, 0.3) is 0 Å². The highest BCUT2D eigenvalue weighted by atomic mass is 79.9. The van der Waals surface area contributed by atoms with E-state index < -0.39 is 6.10 Å². The molecule has 96 valence electrons. The summed E-state index contributed by atoms with van der Waals surface area (Å²) < 4.78 is 6.28. The molecule has 4 nitrogen and oxygen atoms in total. The molecule has 17 heavy (non-hydrogen) atoms. The van der Waals surface area contributed by atoms with Crippen LogP contribution in [0.1, 0.15) is 11.6 Å². The summed E-state index contributed by atoms with van der Waals surface area (Å²) in [5.41, 5.74) is 6.47. The smallest absolute Gasteiger partial charge is 0.123 e. The molecule has 0 fully saturated rings. The summed E-state index contributed by atoms with van der Waals surface area (Å²) in [4.78, 5) is 1.93. The number of halogens is 1. The Bertz CT molecular complexity index is 372. The van der Waals surface area contributed by atoms with Gasteiger partial charge >= 0.3 is 0 Å². The maximum atomic E-state index is 10.0. The van der Waals surface area contributed by atoms with E-state index in [2.05, 4.69) is 15.9 Å². The van der Waals surface area contributed by atoms with Crippen LogP contribution < -0.4 is 10.5 Å². The molecule has 0 aliphatic heterocycles. The zero-order valence-electron chi connectivity index (χ0n) is 10.4. The number of hydrogen-bond acceptors (Lipinski definition) is 4. The third kappa shape index (κ3) is 3.42. The van der Waals surface area contributed by atoms with E-state index in [0.717, 1.165) is 15.8 Å². The van der Waals surface area contributed by atoms with E-state index in [9.17, 15) is 5.11 Å². The summed E-state index contributed by atoms with van der Waals surface area (Å²) in [7, 11) is 5.43. The van der Waals surface area contributed by atoms with Crippen LogP contribution in [0.4, 0.5) is 0 Å². The lowest BCUT2D eigenvalue weighted by Gasteiger charge is -2.30. The SMILES string of the molecule is COc1ccc(Br)cc1C(C(O)CN)N(C)C. The number of aliphatic hydroxyl groups excluding tert-OH is 1. The third-order valence-electron chi connectivity index (χ3n) is 2.67. The molecule has 1 aromatic carbocycles. The van der Waals surface area contributed by atoms with Gasteiger partial charge in [0.15, 0.2) is 0 Å². The first-order valence-electron chi connectivity index (χ1n) is 5.39. The van der Waals surface area contributed by atoms with Gasteiger partial charge in [0.25, 0.3) is 0 Å². The fourth-order valence-corrected chi connectivity index (χ4v) is 2.27. The van der Waals surface area contributed by atoms with Crippen molar-refractivity contribution < 1.29 is 9.84 Å². The third-order valence-corrected chi connectivity index (χ3v) is 3.17. The standard InChI is InChI=1S/C12H19BrN2O2/c1-15(2)12(10(16)7-14)9-6-8(13)4-5-11(9)17-3/h4-6,10,12,16H,7,14H2,1-3H3. The van der Waals surface area contributed by atoms with Gasteiger partial charge in [0.2, 0.25) is 0 Å². The van der Waals surface area contributed by atoms with Gasteiger partial charge in [0, 0.05) is 16.6 Å². The highest BCUT2D eigenvalue weighted by Gasteiger charge is 2.25. The second kappa shape index (κ2) is 6.35. The van der Waals surface area contributed by atoms with Crippen molar-refractivity contribution in [2.24, 2.45) is 5.73 Å². The molecule has 0 bridgehead atoms. The van der Waals surface area contributed by atoms with E-state index in [0.29, 0.717) is 0 Å². The Balaban J connectivity index is 3.21. The van der Waals surface area contributed by atoms with Crippen LogP contribution in [0.5, 0.6) is 5.75 Å². The summed E-state index contributed by atoms with van der Waals surface area (Å²) in [5, 5.41) is 10.0. The molecular weight excluding hydrogens is 284 g/mol. The van der Waals surface area contributed by atoms with Crippen molar-refractivity contribution in [1.29, 1.82) is 0 Å². The number of methoxy groups -OCH3 is 1.